The van der Waals surface area contributed by atoms with Gasteiger partial charge in [0.1, 0.15) is 0 Å². The Balaban J connectivity index is 1.47. The fourth-order valence-electron chi connectivity index (χ4n) is 3.82. The van der Waals surface area contributed by atoms with Crippen molar-refractivity contribution in [2.45, 2.75) is 51.6 Å². The second-order valence-electron chi connectivity index (χ2n) is 8.87. The number of piperazine rings is 1. The molecule has 27 heavy (non-hydrogen) atoms. The van der Waals surface area contributed by atoms with Crippen LogP contribution in [-0.2, 0) is 16.8 Å². The van der Waals surface area contributed by atoms with Crippen LogP contribution in [0.15, 0.2) is 16.9 Å². The first kappa shape index (κ1) is 20.0. The van der Waals surface area contributed by atoms with E-state index >= 15 is 0 Å². The highest BCUT2D eigenvalue weighted by Gasteiger charge is 2.30. The van der Waals surface area contributed by atoms with Gasteiger partial charge in [0.15, 0.2) is 0 Å². The number of nitrogens with zero attached hydrogens (tertiary/aromatic N) is 5. The van der Waals surface area contributed by atoms with Crippen LogP contribution in [0, 0.1) is 0 Å². The molecular weight excluding hydrogens is 342 g/mol. The molecule has 150 valence electrons. The molecule has 0 radical (unpaired) electrons. The minimum absolute atomic E-state index is 0.0319. The molecule has 1 aromatic heterocycles. The zero-order chi connectivity index (χ0) is 19.6. The lowest BCUT2D eigenvalue weighted by Gasteiger charge is -2.36. The topological polar surface area (TPSA) is 61.7 Å². The lowest BCUT2D eigenvalue weighted by molar-refractivity contribution is -0.127. The molecule has 0 aromatic carbocycles. The molecule has 2 aliphatic rings. The van der Waals surface area contributed by atoms with Crippen LogP contribution in [0.1, 0.15) is 39.3 Å². The van der Waals surface area contributed by atoms with Crippen LogP contribution >= 0.6 is 0 Å². The van der Waals surface area contributed by atoms with Gasteiger partial charge in [-0.05, 0) is 12.5 Å². The third kappa shape index (κ3) is 4.96. The number of amides is 1. The number of hydrogen-bond acceptors (Lipinski definition) is 5. The molecule has 3 heterocycles. The van der Waals surface area contributed by atoms with E-state index in [1.54, 1.807) is 10.7 Å². The lowest BCUT2D eigenvalue weighted by atomic mass is 9.92. The Labute approximate surface area is 161 Å². The Kier molecular flexibility index (Phi) is 6.01. The highest BCUT2D eigenvalue weighted by Crippen LogP contribution is 2.19. The zero-order valence-electron chi connectivity index (χ0n) is 17.1. The third-order valence-corrected chi connectivity index (χ3v) is 5.83. The molecule has 7 nitrogen and oxygen atoms in total. The molecule has 0 aliphatic carbocycles. The van der Waals surface area contributed by atoms with Crippen molar-refractivity contribution in [3.05, 3.63) is 28.2 Å². The number of aromatic nitrogens is 2. The van der Waals surface area contributed by atoms with Gasteiger partial charge in [-0.1, -0.05) is 20.8 Å². The lowest BCUT2D eigenvalue weighted by Crippen LogP contribution is -2.50. The smallest absolute Gasteiger partial charge is 0.266 e. The van der Waals surface area contributed by atoms with Crippen molar-refractivity contribution in [1.82, 2.24) is 24.5 Å². The number of carbonyl (C=O) groups is 1. The van der Waals surface area contributed by atoms with Crippen molar-refractivity contribution in [2.75, 3.05) is 46.3 Å². The summed E-state index contributed by atoms with van der Waals surface area (Å²) in [7, 11) is 1.92. The van der Waals surface area contributed by atoms with Gasteiger partial charge in [0.2, 0.25) is 5.91 Å². The minimum Gasteiger partial charge on any atom is -0.341 e. The molecule has 0 N–H and O–H groups in total. The summed E-state index contributed by atoms with van der Waals surface area (Å²) in [6, 6.07) is 3.83. The normalized spacial score (nSPS) is 22.6. The maximum absolute atomic E-state index is 12.1. The van der Waals surface area contributed by atoms with Crippen molar-refractivity contribution in [2.24, 2.45) is 0 Å². The molecule has 1 amide bonds. The summed E-state index contributed by atoms with van der Waals surface area (Å²) >= 11 is 0. The van der Waals surface area contributed by atoms with Crippen molar-refractivity contribution < 1.29 is 4.79 Å². The number of likely N-dealkylation sites (tertiary alicyclic amines) is 1. The average molecular weight is 376 g/mol. The van der Waals surface area contributed by atoms with Crippen LogP contribution in [-0.4, -0.2) is 82.7 Å². The molecule has 7 heteroatoms. The molecule has 2 fully saturated rings. The SMILES string of the molecule is CN1C(=O)CCC1CN1CCN(CCn2nc(C(C)(C)C)ccc2=O)CC1. The fraction of sp³-hybridized carbons (Fsp3) is 0.750. The van der Waals surface area contributed by atoms with E-state index in [9.17, 15) is 9.59 Å². The van der Waals surface area contributed by atoms with Gasteiger partial charge in [-0.15, -0.1) is 0 Å². The maximum atomic E-state index is 12.1. The van der Waals surface area contributed by atoms with Crippen molar-refractivity contribution >= 4 is 5.91 Å². The van der Waals surface area contributed by atoms with E-state index in [1.165, 1.54) is 0 Å². The molecule has 2 aliphatic heterocycles. The molecule has 2 saturated heterocycles. The molecule has 1 aromatic rings. The third-order valence-electron chi connectivity index (χ3n) is 5.83. The Bertz CT molecular complexity index is 716. The molecule has 1 unspecified atom stereocenters. The second-order valence-corrected chi connectivity index (χ2v) is 8.87. The summed E-state index contributed by atoms with van der Waals surface area (Å²) in [6.07, 6.45) is 1.67. The van der Waals surface area contributed by atoms with Crippen molar-refractivity contribution in [3.63, 3.8) is 0 Å². The molecule has 1 atom stereocenters. The summed E-state index contributed by atoms with van der Waals surface area (Å²) < 4.78 is 1.60. The van der Waals surface area contributed by atoms with Crippen LogP contribution in [0.5, 0.6) is 0 Å². The molecule has 0 saturated carbocycles. The maximum Gasteiger partial charge on any atom is 0.266 e. The molecule has 0 spiro atoms. The Hall–Kier alpha value is -1.73. The van der Waals surface area contributed by atoms with Gasteiger partial charge in [-0.25, -0.2) is 4.68 Å². The summed E-state index contributed by atoms with van der Waals surface area (Å²) in [5.74, 6) is 0.272. The summed E-state index contributed by atoms with van der Waals surface area (Å²) in [4.78, 5) is 30.6. The first-order valence-corrected chi connectivity index (χ1v) is 10.0. The number of likely N-dealkylation sites (N-methyl/N-ethyl adjacent to an activating group) is 1. The monoisotopic (exact) mass is 375 g/mol. The Morgan fingerprint density at radius 2 is 1.70 bits per heavy atom. The number of hydrogen-bond donors (Lipinski definition) is 0. The highest BCUT2D eigenvalue weighted by molar-refractivity contribution is 5.78. The van der Waals surface area contributed by atoms with Gasteiger partial charge in [0, 0.05) is 70.3 Å². The highest BCUT2D eigenvalue weighted by atomic mass is 16.2. The van der Waals surface area contributed by atoms with E-state index < -0.39 is 0 Å². The van der Waals surface area contributed by atoms with E-state index in [4.69, 9.17) is 0 Å². The largest absolute Gasteiger partial charge is 0.341 e. The second kappa shape index (κ2) is 8.10. The molecule has 3 rings (SSSR count). The zero-order valence-corrected chi connectivity index (χ0v) is 17.1. The number of carbonyl (C=O) groups excluding carboxylic acids is 1. The van der Waals surface area contributed by atoms with E-state index in [1.807, 2.05) is 18.0 Å². The molecule has 0 bridgehead atoms. The molecular formula is C20H33N5O2. The van der Waals surface area contributed by atoms with Gasteiger partial charge in [-0.2, -0.15) is 5.10 Å². The summed E-state index contributed by atoms with van der Waals surface area (Å²) in [5, 5.41) is 4.56. The van der Waals surface area contributed by atoms with Crippen LogP contribution in [0.25, 0.3) is 0 Å². The minimum atomic E-state index is -0.0597. The van der Waals surface area contributed by atoms with E-state index in [2.05, 4.69) is 35.7 Å². The van der Waals surface area contributed by atoms with Crippen LogP contribution in [0.2, 0.25) is 0 Å². The fourth-order valence-corrected chi connectivity index (χ4v) is 3.82. The van der Waals surface area contributed by atoms with Crippen LogP contribution in [0.4, 0.5) is 0 Å². The van der Waals surface area contributed by atoms with Gasteiger partial charge in [-0.3, -0.25) is 19.4 Å². The van der Waals surface area contributed by atoms with Gasteiger partial charge in [0.05, 0.1) is 12.2 Å². The van der Waals surface area contributed by atoms with Crippen LogP contribution in [0.3, 0.4) is 0 Å². The Morgan fingerprint density at radius 3 is 2.30 bits per heavy atom. The van der Waals surface area contributed by atoms with E-state index in [0.717, 1.165) is 51.4 Å². The Morgan fingerprint density at radius 1 is 1.04 bits per heavy atom. The van der Waals surface area contributed by atoms with Gasteiger partial charge in [0.25, 0.3) is 5.56 Å². The first-order valence-electron chi connectivity index (χ1n) is 10.0. The van der Waals surface area contributed by atoms with Crippen LogP contribution < -0.4 is 5.56 Å². The van der Waals surface area contributed by atoms with E-state index in [0.29, 0.717) is 19.0 Å². The van der Waals surface area contributed by atoms with Crippen molar-refractivity contribution in [1.29, 1.82) is 0 Å². The van der Waals surface area contributed by atoms with E-state index in [-0.39, 0.29) is 16.9 Å². The number of rotatable bonds is 5. The van der Waals surface area contributed by atoms with Gasteiger partial charge < -0.3 is 4.90 Å². The summed E-state index contributed by atoms with van der Waals surface area (Å²) in [6.45, 7) is 12.8. The van der Waals surface area contributed by atoms with Crippen molar-refractivity contribution in [3.8, 4) is 0 Å². The quantitative estimate of drug-likeness (QED) is 0.761. The van der Waals surface area contributed by atoms with Gasteiger partial charge >= 0.3 is 0 Å². The standard InChI is InChI=1S/C20H33N5O2/c1-20(2,3)17-6-8-19(27)25(21-17)14-13-23-9-11-24(12-10-23)15-16-5-7-18(26)22(16)4/h6,8,16H,5,7,9-15H2,1-4H3. The predicted octanol–water partition coefficient (Wildman–Crippen LogP) is 0.779. The predicted molar refractivity (Wildman–Crippen MR) is 106 cm³/mol. The summed E-state index contributed by atoms with van der Waals surface area (Å²) in [5.41, 5.74) is 0.855. The first-order chi connectivity index (χ1) is 12.7. The average Bonchev–Trinajstić information content (AvgIpc) is 2.93.